The number of rotatable bonds is 4. The minimum Gasteiger partial charge on any atom is -0.352 e. The van der Waals surface area contributed by atoms with Gasteiger partial charge in [0.15, 0.2) is 0 Å². The van der Waals surface area contributed by atoms with Crippen molar-refractivity contribution in [1.29, 1.82) is 0 Å². The number of aryl methyl sites for hydroxylation is 1. The van der Waals surface area contributed by atoms with E-state index in [0.717, 1.165) is 48.3 Å². The molecule has 0 radical (unpaired) electrons. The highest BCUT2D eigenvalue weighted by Crippen LogP contribution is 2.22. The number of aromatic nitrogens is 3. The summed E-state index contributed by atoms with van der Waals surface area (Å²) in [6.45, 7) is 2.57. The summed E-state index contributed by atoms with van der Waals surface area (Å²) in [6.07, 6.45) is 7.54. The Morgan fingerprint density at radius 1 is 1.15 bits per heavy atom. The van der Waals surface area contributed by atoms with Crippen LogP contribution in [0.1, 0.15) is 23.2 Å². The van der Waals surface area contributed by atoms with E-state index >= 15 is 0 Å². The standard InChI is InChI=1S/C20H23N5O/c1-24-14-17(16-5-2-3-6-18(16)24)19(26)23-13-15-7-11-25(12-8-15)20-21-9-4-10-22-20/h2-6,9-10,14-15H,7-8,11-13H2,1H3,(H,23,26). The SMILES string of the molecule is Cn1cc(C(=O)NCC2CCN(c3ncccn3)CC2)c2ccccc21. The van der Waals surface area contributed by atoms with Crippen molar-refractivity contribution in [2.24, 2.45) is 13.0 Å². The van der Waals surface area contributed by atoms with Crippen LogP contribution in [0.15, 0.2) is 48.9 Å². The number of fused-ring (bicyclic) bond motifs is 1. The predicted molar refractivity (Wildman–Crippen MR) is 102 cm³/mol. The van der Waals surface area contributed by atoms with Gasteiger partial charge in [0.05, 0.1) is 5.56 Å². The normalized spacial score (nSPS) is 15.3. The number of benzene rings is 1. The molecule has 0 spiro atoms. The molecule has 0 aliphatic carbocycles. The van der Waals surface area contributed by atoms with Crippen LogP contribution in [0.4, 0.5) is 5.95 Å². The fourth-order valence-corrected chi connectivity index (χ4v) is 3.65. The molecule has 1 aliphatic heterocycles. The molecule has 1 saturated heterocycles. The van der Waals surface area contributed by atoms with E-state index in [1.807, 2.05) is 48.1 Å². The lowest BCUT2D eigenvalue weighted by molar-refractivity contribution is 0.0946. The maximum atomic E-state index is 12.6. The van der Waals surface area contributed by atoms with Crippen molar-refractivity contribution < 1.29 is 4.79 Å². The molecule has 0 saturated carbocycles. The highest BCUT2D eigenvalue weighted by molar-refractivity contribution is 6.06. The summed E-state index contributed by atoms with van der Waals surface area (Å²) in [6, 6.07) is 9.84. The zero-order chi connectivity index (χ0) is 17.9. The number of carbonyl (C=O) groups excluding carboxylic acids is 1. The van der Waals surface area contributed by atoms with Gasteiger partial charge in [-0.1, -0.05) is 18.2 Å². The molecule has 0 unspecified atom stereocenters. The van der Waals surface area contributed by atoms with Gasteiger partial charge in [0, 0.05) is 56.2 Å². The average Bonchev–Trinajstić information content (AvgIpc) is 3.04. The van der Waals surface area contributed by atoms with E-state index in [-0.39, 0.29) is 5.91 Å². The summed E-state index contributed by atoms with van der Waals surface area (Å²) in [7, 11) is 1.97. The molecule has 1 aliphatic rings. The number of nitrogens with one attached hydrogen (secondary N) is 1. The Labute approximate surface area is 152 Å². The van der Waals surface area contributed by atoms with Crippen LogP contribution in [-0.2, 0) is 7.05 Å². The molecule has 1 aromatic carbocycles. The van der Waals surface area contributed by atoms with E-state index in [0.29, 0.717) is 12.5 Å². The van der Waals surface area contributed by atoms with Crippen LogP contribution >= 0.6 is 0 Å². The van der Waals surface area contributed by atoms with Gasteiger partial charge < -0.3 is 14.8 Å². The number of para-hydroxylation sites is 1. The lowest BCUT2D eigenvalue weighted by atomic mass is 9.97. The first-order valence-corrected chi connectivity index (χ1v) is 9.06. The fraction of sp³-hybridized carbons (Fsp3) is 0.350. The van der Waals surface area contributed by atoms with Crippen molar-refractivity contribution in [2.75, 3.05) is 24.5 Å². The Morgan fingerprint density at radius 3 is 2.65 bits per heavy atom. The zero-order valence-electron chi connectivity index (χ0n) is 14.9. The molecular weight excluding hydrogens is 326 g/mol. The predicted octanol–water partition coefficient (Wildman–Crippen LogP) is 2.61. The summed E-state index contributed by atoms with van der Waals surface area (Å²) in [4.78, 5) is 23.5. The van der Waals surface area contributed by atoms with Gasteiger partial charge in [0.2, 0.25) is 5.95 Å². The summed E-state index contributed by atoms with van der Waals surface area (Å²) in [5, 5.41) is 4.13. The molecule has 26 heavy (non-hydrogen) atoms. The number of hydrogen-bond acceptors (Lipinski definition) is 4. The molecule has 1 fully saturated rings. The third-order valence-electron chi connectivity index (χ3n) is 5.14. The maximum Gasteiger partial charge on any atom is 0.253 e. The van der Waals surface area contributed by atoms with Crippen LogP contribution in [0.25, 0.3) is 10.9 Å². The van der Waals surface area contributed by atoms with Crippen molar-refractivity contribution >= 4 is 22.8 Å². The second kappa shape index (κ2) is 7.15. The molecular formula is C20H23N5O. The Hall–Kier alpha value is -2.89. The van der Waals surface area contributed by atoms with E-state index < -0.39 is 0 Å². The number of amides is 1. The molecule has 6 nitrogen and oxygen atoms in total. The second-order valence-electron chi connectivity index (χ2n) is 6.86. The van der Waals surface area contributed by atoms with Crippen molar-refractivity contribution in [3.8, 4) is 0 Å². The van der Waals surface area contributed by atoms with Gasteiger partial charge in [-0.3, -0.25) is 4.79 Å². The number of piperidine rings is 1. The van der Waals surface area contributed by atoms with E-state index in [9.17, 15) is 4.79 Å². The van der Waals surface area contributed by atoms with Crippen LogP contribution in [0.5, 0.6) is 0 Å². The van der Waals surface area contributed by atoms with Crippen molar-refractivity contribution in [1.82, 2.24) is 19.9 Å². The molecule has 1 N–H and O–H groups in total. The lowest BCUT2D eigenvalue weighted by Gasteiger charge is -2.31. The molecule has 3 aromatic rings. The maximum absolute atomic E-state index is 12.6. The first kappa shape index (κ1) is 16.6. The van der Waals surface area contributed by atoms with Crippen molar-refractivity contribution in [2.45, 2.75) is 12.8 Å². The third-order valence-corrected chi connectivity index (χ3v) is 5.14. The smallest absolute Gasteiger partial charge is 0.253 e. The van der Waals surface area contributed by atoms with Crippen molar-refractivity contribution in [3.05, 3.63) is 54.5 Å². The Bertz CT molecular complexity index is 897. The van der Waals surface area contributed by atoms with Gasteiger partial charge in [-0.2, -0.15) is 0 Å². The first-order chi connectivity index (χ1) is 12.7. The summed E-state index contributed by atoms with van der Waals surface area (Å²) in [5.41, 5.74) is 1.83. The van der Waals surface area contributed by atoms with E-state index in [4.69, 9.17) is 0 Å². The summed E-state index contributed by atoms with van der Waals surface area (Å²) < 4.78 is 2.00. The quantitative estimate of drug-likeness (QED) is 0.786. The first-order valence-electron chi connectivity index (χ1n) is 9.06. The fourth-order valence-electron chi connectivity index (χ4n) is 3.65. The molecule has 6 heteroatoms. The Morgan fingerprint density at radius 2 is 1.88 bits per heavy atom. The van der Waals surface area contributed by atoms with Crippen LogP contribution in [0, 0.1) is 5.92 Å². The average molecular weight is 349 g/mol. The van der Waals surface area contributed by atoms with Gasteiger partial charge in [0.25, 0.3) is 5.91 Å². The minimum atomic E-state index is 0.00984. The zero-order valence-corrected chi connectivity index (χ0v) is 14.9. The minimum absolute atomic E-state index is 0.00984. The lowest BCUT2D eigenvalue weighted by Crippen LogP contribution is -2.39. The Balaban J connectivity index is 1.34. The highest BCUT2D eigenvalue weighted by atomic mass is 16.1. The van der Waals surface area contributed by atoms with E-state index in [1.165, 1.54) is 0 Å². The summed E-state index contributed by atoms with van der Waals surface area (Å²) in [5.74, 6) is 1.30. The molecule has 2 aromatic heterocycles. The van der Waals surface area contributed by atoms with E-state index in [1.54, 1.807) is 12.4 Å². The van der Waals surface area contributed by atoms with Gasteiger partial charge in [-0.25, -0.2) is 9.97 Å². The second-order valence-corrected chi connectivity index (χ2v) is 6.86. The van der Waals surface area contributed by atoms with Crippen molar-refractivity contribution in [3.63, 3.8) is 0 Å². The van der Waals surface area contributed by atoms with Crippen LogP contribution < -0.4 is 10.2 Å². The Kier molecular flexibility index (Phi) is 4.56. The molecule has 3 heterocycles. The topological polar surface area (TPSA) is 63.1 Å². The number of carbonyl (C=O) groups is 1. The van der Waals surface area contributed by atoms with Crippen LogP contribution in [0.2, 0.25) is 0 Å². The monoisotopic (exact) mass is 349 g/mol. The molecule has 4 rings (SSSR count). The van der Waals surface area contributed by atoms with Gasteiger partial charge in [0.1, 0.15) is 0 Å². The number of anilines is 1. The molecule has 1 amide bonds. The highest BCUT2D eigenvalue weighted by Gasteiger charge is 2.22. The number of hydrogen-bond donors (Lipinski definition) is 1. The third kappa shape index (κ3) is 3.27. The van der Waals surface area contributed by atoms with Gasteiger partial charge in [-0.15, -0.1) is 0 Å². The van der Waals surface area contributed by atoms with E-state index in [2.05, 4.69) is 20.2 Å². The largest absolute Gasteiger partial charge is 0.352 e. The molecule has 0 atom stereocenters. The molecule has 0 bridgehead atoms. The van der Waals surface area contributed by atoms with Gasteiger partial charge in [-0.05, 0) is 30.9 Å². The molecule has 134 valence electrons. The summed E-state index contributed by atoms with van der Waals surface area (Å²) >= 11 is 0. The van der Waals surface area contributed by atoms with Crippen LogP contribution in [0.3, 0.4) is 0 Å². The number of nitrogens with zero attached hydrogens (tertiary/aromatic N) is 4. The van der Waals surface area contributed by atoms with Crippen LogP contribution in [-0.4, -0.2) is 40.1 Å². The van der Waals surface area contributed by atoms with Gasteiger partial charge >= 0.3 is 0 Å².